The molecule has 3 amide bonds. The minimum atomic E-state index is -0.616. The number of fused-ring (bicyclic) bond motifs is 1. The lowest BCUT2D eigenvalue weighted by molar-refractivity contribution is -0.132. The van der Waals surface area contributed by atoms with E-state index >= 15 is 0 Å². The molecule has 1 N–H and O–H groups in total. The average molecular weight is 489 g/mol. The molecule has 1 saturated heterocycles. The van der Waals surface area contributed by atoms with Crippen LogP contribution >= 0.6 is 22.9 Å². The maximum Gasteiger partial charge on any atom is 0.261 e. The summed E-state index contributed by atoms with van der Waals surface area (Å²) in [6.07, 6.45) is 2.24. The third kappa shape index (κ3) is 5.23. The second-order valence-corrected chi connectivity index (χ2v) is 10.7. The van der Waals surface area contributed by atoms with Crippen molar-refractivity contribution >= 4 is 40.7 Å². The number of halogens is 1. The van der Waals surface area contributed by atoms with Crippen molar-refractivity contribution in [2.75, 3.05) is 40.8 Å². The Morgan fingerprint density at radius 3 is 2.48 bits per heavy atom. The maximum atomic E-state index is 13.5. The first-order valence-electron chi connectivity index (χ1n) is 11.1. The van der Waals surface area contributed by atoms with Crippen LogP contribution in [-0.4, -0.2) is 85.3 Å². The second kappa shape index (κ2) is 9.83. The van der Waals surface area contributed by atoms with Gasteiger partial charge < -0.3 is 20.0 Å². The Morgan fingerprint density at radius 1 is 1.09 bits per heavy atom. The number of nitrogens with zero attached hydrogens (tertiary/aromatic N) is 3. The summed E-state index contributed by atoms with van der Waals surface area (Å²) < 4.78 is 0.540. The van der Waals surface area contributed by atoms with Gasteiger partial charge in [0.25, 0.3) is 11.8 Å². The molecule has 176 valence electrons. The quantitative estimate of drug-likeness (QED) is 0.717. The summed E-state index contributed by atoms with van der Waals surface area (Å²) in [5, 5.41) is 2.97. The van der Waals surface area contributed by atoms with Crippen LogP contribution in [0.1, 0.15) is 37.6 Å². The Morgan fingerprint density at radius 2 is 1.82 bits per heavy atom. The third-order valence-electron chi connectivity index (χ3n) is 6.40. The van der Waals surface area contributed by atoms with E-state index in [1.807, 2.05) is 18.2 Å². The number of likely N-dealkylation sites (tertiary alicyclic amines) is 1. The van der Waals surface area contributed by atoms with Crippen molar-refractivity contribution in [1.82, 2.24) is 20.0 Å². The van der Waals surface area contributed by atoms with Gasteiger partial charge >= 0.3 is 0 Å². The van der Waals surface area contributed by atoms with Crippen LogP contribution in [0.15, 0.2) is 30.3 Å². The van der Waals surface area contributed by atoms with E-state index in [-0.39, 0.29) is 30.3 Å². The van der Waals surface area contributed by atoms with E-state index in [1.165, 1.54) is 27.4 Å². The van der Waals surface area contributed by atoms with Gasteiger partial charge in [-0.05, 0) is 61.7 Å². The first-order valence-corrected chi connectivity index (χ1v) is 12.3. The molecule has 0 aliphatic carbocycles. The smallest absolute Gasteiger partial charge is 0.261 e. The van der Waals surface area contributed by atoms with Gasteiger partial charge in [0, 0.05) is 45.3 Å². The molecule has 1 aromatic carbocycles. The summed E-state index contributed by atoms with van der Waals surface area (Å²) >= 11 is 7.16. The summed E-state index contributed by atoms with van der Waals surface area (Å²) in [4.78, 5) is 45.0. The topological polar surface area (TPSA) is 73.0 Å². The van der Waals surface area contributed by atoms with E-state index in [9.17, 15) is 14.4 Å². The van der Waals surface area contributed by atoms with Gasteiger partial charge in [-0.3, -0.25) is 14.4 Å². The van der Waals surface area contributed by atoms with Gasteiger partial charge in [0.05, 0.1) is 9.21 Å². The molecule has 33 heavy (non-hydrogen) atoms. The van der Waals surface area contributed by atoms with E-state index in [4.69, 9.17) is 11.6 Å². The SMILES string of the molecule is CN1CCc2ccc(C(=O)N3C[C@H](NC(=O)c4ccc(Cl)s4)C[C@H]3C(=O)N(C)C)cc2CC1. The zero-order valence-corrected chi connectivity index (χ0v) is 20.7. The van der Waals surface area contributed by atoms with Crippen molar-refractivity contribution in [2.45, 2.75) is 31.3 Å². The Balaban J connectivity index is 1.54. The Hall–Kier alpha value is -2.42. The highest BCUT2D eigenvalue weighted by Crippen LogP contribution is 2.26. The minimum absolute atomic E-state index is 0.143. The van der Waals surface area contributed by atoms with Crippen LogP contribution in [0.5, 0.6) is 0 Å². The summed E-state index contributed by atoms with van der Waals surface area (Å²) in [6, 6.07) is 8.31. The fourth-order valence-electron chi connectivity index (χ4n) is 4.53. The number of nitrogens with one attached hydrogen (secondary N) is 1. The highest BCUT2D eigenvalue weighted by atomic mass is 35.5. The lowest BCUT2D eigenvalue weighted by Gasteiger charge is -2.26. The molecule has 0 bridgehead atoms. The van der Waals surface area contributed by atoms with Crippen LogP contribution < -0.4 is 5.32 Å². The predicted octanol–water partition coefficient (Wildman–Crippen LogP) is 2.53. The number of amides is 3. The standard InChI is InChI=1S/C24H29ClN4O3S/c1-27(2)24(32)19-13-18(26-22(30)20-6-7-21(25)33-20)14-29(19)23(31)17-5-4-15-8-10-28(3)11-9-16(15)12-17/h4-7,12,18-19H,8-11,13-14H2,1-3H3,(H,26,30)/t18-,19+/m1/s1. The summed E-state index contributed by atoms with van der Waals surface area (Å²) in [5.41, 5.74) is 3.06. The van der Waals surface area contributed by atoms with Crippen molar-refractivity contribution in [1.29, 1.82) is 0 Å². The monoisotopic (exact) mass is 488 g/mol. The minimum Gasteiger partial charge on any atom is -0.347 e. The molecule has 2 aliphatic heterocycles. The normalized spacial score (nSPS) is 20.8. The van der Waals surface area contributed by atoms with E-state index in [0.717, 1.165) is 25.9 Å². The van der Waals surface area contributed by atoms with Crippen molar-refractivity contribution in [3.63, 3.8) is 0 Å². The zero-order valence-electron chi connectivity index (χ0n) is 19.1. The van der Waals surface area contributed by atoms with Crippen molar-refractivity contribution < 1.29 is 14.4 Å². The van der Waals surface area contributed by atoms with Crippen LogP contribution in [0.2, 0.25) is 4.34 Å². The van der Waals surface area contributed by atoms with E-state index < -0.39 is 6.04 Å². The number of thiophene rings is 1. The molecule has 0 spiro atoms. The average Bonchev–Trinajstić information content (AvgIpc) is 3.36. The van der Waals surface area contributed by atoms with Crippen molar-refractivity contribution in [3.05, 3.63) is 56.2 Å². The van der Waals surface area contributed by atoms with Gasteiger partial charge in [-0.1, -0.05) is 17.7 Å². The molecule has 2 aromatic rings. The predicted molar refractivity (Wildman–Crippen MR) is 130 cm³/mol. The molecule has 1 aromatic heterocycles. The number of benzene rings is 1. The number of rotatable bonds is 4. The van der Waals surface area contributed by atoms with Crippen LogP contribution in [0.25, 0.3) is 0 Å². The number of hydrogen-bond donors (Lipinski definition) is 1. The van der Waals surface area contributed by atoms with E-state index in [1.54, 1.807) is 31.1 Å². The Bertz CT molecular complexity index is 1070. The molecule has 2 aliphatic rings. The first-order chi connectivity index (χ1) is 15.7. The molecule has 0 radical (unpaired) electrons. The van der Waals surface area contributed by atoms with Crippen LogP contribution in [-0.2, 0) is 17.6 Å². The van der Waals surface area contributed by atoms with E-state index in [0.29, 0.717) is 21.2 Å². The van der Waals surface area contributed by atoms with Crippen molar-refractivity contribution in [3.8, 4) is 0 Å². The molecule has 7 nitrogen and oxygen atoms in total. The van der Waals surface area contributed by atoms with Gasteiger partial charge in [0.2, 0.25) is 5.91 Å². The fraction of sp³-hybridized carbons (Fsp3) is 0.458. The number of likely N-dealkylation sites (N-methyl/N-ethyl adjacent to an activating group) is 2. The number of carbonyl (C=O) groups is 3. The lowest BCUT2D eigenvalue weighted by Crippen LogP contribution is -2.45. The summed E-state index contributed by atoms with van der Waals surface area (Å²) in [6.45, 7) is 2.24. The van der Waals surface area contributed by atoms with Crippen molar-refractivity contribution in [2.24, 2.45) is 0 Å². The molecule has 3 heterocycles. The number of carbonyl (C=O) groups excluding carboxylic acids is 3. The summed E-state index contributed by atoms with van der Waals surface area (Å²) in [7, 11) is 5.48. The fourth-order valence-corrected chi connectivity index (χ4v) is 5.47. The molecule has 9 heteroatoms. The van der Waals surface area contributed by atoms with Crippen LogP contribution in [0.4, 0.5) is 0 Å². The number of hydrogen-bond acceptors (Lipinski definition) is 5. The molecule has 1 fully saturated rings. The molecule has 4 rings (SSSR count). The van der Waals surface area contributed by atoms with Gasteiger partial charge in [-0.2, -0.15) is 0 Å². The zero-order chi connectivity index (χ0) is 23.7. The lowest BCUT2D eigenvalue weighted by atomic mass is 9.99. The largest absolute Gasteiger partial charge is 0.347 e. The van der Waals surface area contributed by atoms with Gasteiger partial charge in [0.15, 0.2) is 0 Å². The maximum absolute atomic E-state index is 13.5. The third-order valence-corrected chi connectivity index (χ3v) is 7.63. The molecular weight excluding hydrogens is 460 g/mol. The summed E-state index contributed by atoms with van der Waals surface area (Å²) in [5.74, 6) is -0.557. The van der Waals surface area contributed by atoms with Gasteiger partial charge in [-0.15, -0.1) is 11.3 Å². The highest BCUT2D eigenvalue weighted by Gasteiger charge is 2.41. The van der Waals surface area contributed by atoms with Crippen LogP contribution in [0.3, 0.4) is 0 Å². The molecule has 2 atom stereocenters. The Kier molecular flexibility index (Phi) is 7.07. The Labute approximate surface area is 203 Å². The molecular formula is C24H29ClN4O3S. The van der Waals surface area contributed by atoms with Gasteiger partial charge in [-0.25, -0.2) is 0 Å². The molecule has 0 saturated carbocycles. The second-order valence-electron chi connectivity index (χ2n) is 9.00. The first kappa shape index (κ1) is 23.7. The van der Waals surface area contributed by atoms with Gasteiger partial charge in [0.1, 0.15) is 6.04 Å². The van der Waals surface area contributed by atoms with E-state index in [2.05, 4.69) is 17.3 Å². The molecule has 0 unspecified atom stereocenters. The van der Waals surface area contributed by atoms with Crippen LogP contribution in [0, 0.1) is 0 Å². The highest BCUT2D eigenvalue weighted by molar-refractivity contribution is 7.18.